The minimum absolute atomic E-state index is 0.0738. The van der Waals surface area contributed by atoms with Gasteiger partial charge in [-0.05, 0) is 24.1 Å². The first-order valence-electron chi connectivity index (χ1n) is 15.6. The van der Waals surface area contributed by atoms with E-state index in [9.17, 15) is 63.3 Å². The topological polar surface area (TPSA) is 350 Å². The van der Waals surface area contributed by atoms with Crippen molar-refractivity contribution < 1.29 is 68.4 Å². The van der Waals surface area contributed by atoms with Crippen LogP contribution in [0.3, 0.4) is 0 Å². The zero-order valence-electron chi connectivity index (χ0n) is 27.7. The maximum atomic E-state index is 13.5. The molecule has 1 heterocycles. The van der Waals surface area contributed by atoms with Gasteiger partial charge in [-0.25, -0.2) is 0 Å². The van der Waals surface area contributed by atoms with Gasteiger partial charge in [0.2, 0.25) is 41.4 Å². The molecular formula is C30H39N7O14S2. The summed E-state index contributed by atoms with van der Waals surface area (Å²) in [5.74, 6) is -13.7. The Morgan fingerprint density at radius 3 is 1.83 bits per heavy atom. The van der Waals surface area contributed by atoms with Crippen molar-refractivity contribution in [2.75, 3.05) is 17.3 Å². The Morgan fingerprint density at radius 2 is 1.28 bits per heavy atom. The van der Waals surface area contributed by atoms with Crippen LogP contribution >= 0.6 is 24.4 Å². The molecule has 0 unspecified atom stereocenters. The van der Waals surface area contributed by atoms with Gasteiger partial charge in [0.15, 0.2) is 0 Å². The number of carbonyl (C=O) groups is 10. The van der Waals surface area contributed by atoms with Crippen LogP contribution in [0.5, 0.6) is 5.75 Å². The van der Waals surface area contributed by atoms with Crippen molar-refractivity contribution >= 4 is 83.6 Å². The predicted octanol–water partition coefficient (Wildman–Crippen LogP) is -4.18. The molecule has 12 N–H and O–H groups in total. The molecule has 0 aromatic heterocycles. The number of primary amides is 1. The van der Waals surface area contributed by atoms with E-state index in [4.69, 9.17) is 10.8 Å². The van der Waals surface area contributed by atoms with Gasteiger partial charge >= 0.3 is 17.9 Å². The number of aliphatic carboxylic acids is 3. The van der Waals surface area contributed by atoms with Crippen molar-refractivity contribution in [3.8, 4) is 5.75 Å². The zero-order chi connectivity index (χ0) is 39.8. The van der Waals surface area contributed by atoms with Crippen LogP contribution in [-0.4, -0.2) is 133 Å². The van der Waals surface area contributed by atoms with E-state index in [1.54, 1.807) is 0 Å². The highest BCUT2D eigenvalue weighted by Gasteiger charge is 2.35. The third-order valence-corrected chi connectivity index (χ3v) is 8.72. The van der Waals surface area contributed by atoms with Gasteiger partial charge in [-0.2, -0.15) is 12.6 Å². The number of nitrogens with two attached hydrogens (primary N) is 1. The molecule has 1 fully saturated rings. The number of hydrogen-bond donors (Lipinski definition) is 12. The summed E-state index contributed by atoms with van der Waals surface area (Å²) >= 11 is 4.69. The van der Waals surface area contributed by atoms with Gasteiger partial charge in [0, 0.05) is 24.3 Å². The molecule has 1 aromatic rings. The Balaban J connectivity index is 2.49. The van der Waals surface area contributed by atoms with Crippen molar-refractivity contribution in [1.29, 1.82) is 0 Å². The fourth-order valence-electron chi connectivity index (χ4n) is 4.64. The lowest BCUT2D eigenvalue weighted by molar-refractivity contribution is -0.142. The number of carboxylic acid groups (broad SMARTS) is 3. The molecule has 7 amide bonds. The molecule has 6 atom stereocenters. The molecule has 23 heteroatoms. The van der Waals surface area contributed by atoms with E-state index in [1.807, 2.05) is 0 Å². The van der Waals surface area contributed by atoms with Crippen molar-refractivity contribution in [2.24, 2.45) is 5.73 Å². The Morgan fingerprint density at radius 1 is 0.774 bits per heavy atom. The summed E-state index contributed by atoms with van der Waals surface area (Å²) in [6.07, 6.45) is -3.37. The molecular weight excluding hydrogens is 746 g/mol. The van der Waals surface area contributed by atoms with Crippen LogP contribution in [0.1, 0.15) is 31.2 Å². The van der Waals surface area contributed by atoms with Crippen LogP contribution in [0.2, 0.25) is 0 Å². The number of carbonyl (C=O) groups excluding carboxylic acids is 7. The number of aromatic hydroxyl groups is 1. The summed E-state index contributed by atoms with van der Waals surface area (Å²) in [7, 11) is 0. The molecule has 2 rings (SSSR count). The van der Waals surface area contributed by atoms with Crippen LogP contribution < -0.4 is 37.6 Å². The third kappa shape index (κ3) is 15.3. The van der Waals surface area contributed by atoms with Gasteiger partial charge in [0.25, 0.3) is 0 Å². The highest BCUT2D eigenvalue weighted by atomic mass is 32.2. The number of thiol groups is 1. The molecule has 0 saturated carbocycles. The average Bonchev–Trinajstić information content (AvgIpc) is 3.07. The Bertz CT molecular complexity index is 1580. The number of hydrogen-bond acceptors (Lipinski definition) is 13. The van der Waals surface area contributed by atoms with Gasteiger partial charge in [0.05, 0.1) is 18.6 Å². The lowest BCUT2D eigenvalue weighted by Gasteiger charge is -2.27. The minimum Gasteiger partial charge on any atom is -0.508 e. The zero-order valence-corrected chi connectivity index (χ0v) is 29.4. The second-order valence-electron chi connectivity index (χ2n) is 11.5. The van der Waals surface area contributed by atoms with E-state index >= 15 is 0 Å². The summed E-state index contributed by atoms with van der Waals surface area (Å²) in [5, 5.41) is 50.9. The van der Waals surface area contributed by atoms with Crippen LogP contribution in [0.25, 0.3) is 0 Å². The second kappa shape index (κ2) is 21.1. The highest BCUT2D eigenvalue weighted by molar-refractivity contribution is 8.00. The van der Waals surface area contributed by atoms with Gasteiger partial charge in [-0.3, -0.25) is 47.9 Å². The van der Waals surface area contributed by atoms with E-state index in [2.05, 4.69) is 44.5 Å². The van der Waals surface area contributed by atoms with Crippen molar-refractivity contribution in [3.63, 3.8) is 0 Å². The molecule has 0 spiro atoms. The summed E-state index contributed by atoms with van der Waals surface area (Å²) in [6.45, 7) is 0. The lowest BCUT2D eigenvalue weighted by atomic mass is 10.0. The number of rotatable bonds is 13. The number of thioether (sulfide) groups is 1. The first-order valence-corrected chi connectivity index (χ1v) is 17.4. The molecule has 1 saturated heterocycles. The van der Waals surface area contributed by atoms with Gasteiger partial charge < -0.3 is 58.1 Å². The number of benzene rings is 1. The van der Waals surface area contributed by atoms with Crippen LogP contribution in [0.4, 0.5) is 0 Å². The maximum absolute atomic E-state index is 13.5. The summed E-state index contributed by atoms with van der Waals surface area (Å²) < 4.78 is 0. The fraction of sp³-hybridized carbons (Fsp3) is 0.467. The quantitative estimate of drug-likeness (QED) is 0.0844. The number of phenolic OH excluding ortho intramolecular Hbond substituents is 1. The van der Waals surface area contributed by atoms with Crippen LogP contribution in [-0.2, 0) is 54.4 Å². The van der Waals surface area contributed by atoms with Gasteiger partial charge in [0.1, 0.15) is 42.0 Å². The predicted molar refractivity (Wildman–Crippen MR) is 185 cm³/mol. The average molecular weight is 786 g/mol. The molecule has 1 aromatic carbocycles. The monoisotopic (exact) mass is 785 g/mol. The fourth-order valence-corrected chi connectivity index (χ4v) is 5.75. The van der Waals surface area contributed by atoms with Gasteiger partial charge in [-0.15, -0.1) is 11.8 Å². The largest absolute Gasteiger partial charge is 0.508 e. The van der Waals surface area contributed by atoms with Crippen LogP contribution in [0.15, 0.2) is 24.3 Å². The Labute approximate surface area is 310 Å². The number of nitrogens with one attached hydrogen (secondary N) is 6. The molecule has 0 bridgehead atoms. The summed E-state index contributed by atoms with van der Waals surface area (Å²) in [5.41, 5.74) is 5.96. The minimum atomic E-state index is -1.87. The van der Waals surface area contributed by atoms with Gasteiger partial charge in [-0.1, -0.05) is 12.1 Å². The maximum Gasteiger partial charge on any atom is 0.305 e. The van der Waals surface area contributed by atoms with Crippen molar-refractivity contribution in [2.45, 2.75) is 68.4 Å². The van der Waals surface area contributed by atoms with E-state index in [0.717, 1.165) is 0 Å². The first kappa shape index (κ1) is 43.6. The smallest absolute Gasteiger partial charge is 0.305 e. The standard InChI is InChI=1S/C30H39N7O14S2/c31-25(46)16(7-13-1-3-14(38)4-2-13)34-30(51)20-11-53-12-21(39)32-17(8-23(42)43)27(48)33-15(5-6-22(40)41)26(47)36-19(10-52)29(50)35-18(9-24(44)45)28(49)37-20/h1-4,15-20,38,52H,5-12H2,(H2,31,46)(H,32,39)(H,33,48)(H,34,51)(H,35,50)(H,36,47)(H,37,49)(H,40,41)(H,42,43)(H,44,45)/t15-,16-,17-,18-,19+,20-/m0/s1. The molecule has 290 valence electrons. The van der Waals surface area contributed by atoms with E-state index in [0.29, 0.717) is 17.3 Å². The van der Waals surface area contributed by atoms with E-state index < -0.39 is 138 Å². The summed E-state index contributed by atoms with van der Waals surface area (Å²) in [4.78, 5) is 126. The molecule has 1 aliphatic rings. The Kier molecular flexibility index (Phi) is 17.3. The van der Waals surface area contributed by atoms with E-state index in [-0.39, 0.29) is 12.2 Å². The second-order valence-corrected chi connectivity index (χ2v) is 12.9. The normalized spacial score (nSPS) is 22.6. The number of phenols is 1. The highest BCUT2D eigenvalue weighted by Crippen LogP contribution is 2.13. The van der Waals surface area contributed by atoms with Crippen molar-refractivity contribution in [1.82, 2.24) is 31.9 Å². The molecule has 53 heavy (non-hydrogen) atoms. The Hall–Kier alpha value is -5.58. The van der Waals surface area contributed by atoms with Crippen LogP contribution in [0, 0.1) is 0 Å². The van der Waals surface area contributed by atoms with E-state index in [1.165, 1.54) is 24.3 Å². The number of carboxylic acids is 3. The number of amides is 7. The molecule has 1 aliphatic heterocycles. The SMILES string of the molecule is NC(=O)[C@H](Cc1ccc(O)cc1)NC(=O)[C@@H]1CSCC(=O)N[C@@H](CC(=O)O)C(=O)N[C@@H](CCC(=O)O)C(=O)N[C@H](CS)C(=O)N[C@@H](CC(=O)O)C(=O)N1. The lowest BCUT2D eigenvalue weighted by Crippen LogP contribution is -2.61. The molecule has 0 aliphatic carbocycles. The summed E-state index contributed by atoms with van der Waals surface area (Å²) in [6, 6.07) is -4.37. The first-order chi connectivity index (χ1) is 24.9. The van der Waals surface area contributed by atoms with Crippen molar-refractivity contribution in [3.05, 3.63) is 29.8 Å². The molecule has 0 radical (unpaired) electrons. The third-order valence-electron chi connectivity index (χ3n) is 7.32. The molecule has 21 nitrogen and oxygen atoms in total.